The van der Waals surface area contributed by atoms with Gasteiger partial charge in [0.2, 0.25) is 0 Å². The third kappa shape index (κ3) is 3.64. The van der Waals surface area contributed by atoms with Crippen LogP contribution >= 0.6 is 0 Å². The first-order valence-corrected chi connectivity index (χ1v) is 7.70. The van der Waals surface area contributed by atoms with E-state index >= 15 is 0 Å². The summed E-state index contributed by atoms with van der Waals surface area (Å²) in [7, 11) is 0. The van der Waals surface area contributed by atoms with Crippen LogP contribution in [0.25, 0.3) is 0 Å². The third-order valence-corrected chi connectivity index (χ3v) is 4.35. The van der Waals surface area contributed by atoms with Crippen LogP contribution in [0, 0.1) is 5.41 Å². The van der Waals surface area contributed by atoms with Crippen LogP contribution in [0.3, 0.4) is 0 Å². The lowest BCUT2D eigenvalue weighted by Crippen LogP contribution is -2.71. The second kappa shape index (κ2) is 6.58. The van der Waals surface area contributed by atoms with Crippen molar-refractivity contribution in [2.24, 2.45) is 5.41 Å². The Morgan fingerprint density at radius 1 is 1.30 bits per heavy atom. The van der Waals surface area contributed by atoms with Crippen LogP contribution < -0.4 is 5.32 Å². The number of amides is 1. The topological polar surface area (TPSA) is 78.9 Å². The van der Waals surface area contributed by atoms with Crippen molar-refractivity contribution in [2.45, 2.75) is 32.9 Å². The van der Waals surface area contributed by atoms with Gasteiger partial charge in [0.15, 0.2) is 0 Å². The van der Waals surface area contributed by atoms with Gasteiger partial charge in [-0.15, -0.1) is 0 Å². The Labute approximate surface area is 136 Å². The number of nitrogens with zero attached hydrogens (tertiary/aromatic N) is 1. The smallest absolute Gasteiger partial charge is 0.410 e. The number of carbonyl (C=O) groups excluding carboxylic acids is 1. The number of hydrogen-bond donors (Lipinski definition) is 2. The fourth-order valence-electron chi connectivity index (χ4n) is 2.76. The molecule has 0 aromatic heterocycles. The second-order valence-corrected chi connectivity index (χ2v) is 6.85. The van der Waals surface area contributed by atoms with Crippen LogP contribution in [0.1, 0.15) is 26.3 Å². The van der Waals surface area contributed by atoms with Crippen LogP contribution in [-0.2, 0) is 16.1 Å². The van der Waals surface area contributed by atoms with Crippen molar-refractivity contribution in [1.82, 2.24) is 10.2 Å². The Morgan fingerprint density at radius 3 is 2.52 bits per heavy atom. The number of ether oxygens (including phenoxy) is 1. The van der Waals surface area contributed by atoms with E-state index in [0.717, 1.165) is 5.56 Å². The standard InChI is InChI=1S/C17H24N2O4/c1-16(2,3)17(14(20)21)12-19(10-9-18-17)15(22)23-11-13-7-5-4-6-8-13/h4-8,18H,9-12H2,1-3H3,(H,20,21)/t17-/m0/s1. The molecule has 1 aliphatic rings. The Balaban J connectivity index is 2.05. The molecule has 2 N–H and O–H groups in total. The monoisotopic (exact) mass is 320 g/mol. The number of rotatable bonds is 3. The van der Waals surface area contributed by atoms with E-state index in [2.05, 4.69) is 5.32 Å². The molecule has 0 radical (unpaired) electrons. The minimum atomic E-state index is -1.18. The Hall–Kier alpha value is -2.08. The molecule has 0 unspecified atom stereocenters. The van der Waals surface area contributed by atoms with Gasteiger partial charge in [0.25, 0.3) is 0 Å². The van der Waals surface area contributed by atoms with Gasteiger partial charge in [-0.2, -0.15) is 0 Å². The highest BCUT2D eigenvalue weighted by molar-refractivity contribution is 5.82. The molecule has 1 atom stereocenters. The summed E-state index contributed by atoms with van der Waals surface area (Å²) in [5.41, 5.74) is -0.829. The van der Waals surface area contributed by atoms with Gasteiger partial charge in [-0.3, -0.25) is 10.1 Å². The number of carboxylic acid groups (broad SMARTS) is 1. The fourth-order valence-corrected chi connectivity index (χ4v) is 2.76. The molecule has 0 bridgehead atoms. The Morgan fingerprint density at radius 2 is 1.96 bits per heavy atom. The fraction of sp³-hybridized carbons (Fsp3) is 0.529. The van der Waals surface area contributed by atoms with Crippen molar-refractivity contribution < 1.29 is 19.4 Å². The molecule has 1 aromatic rings. The zero-order chi connectivity index (χ0) is 17.1. The summed E-state index contributed by atoms with van der Waals surface area (Å²) in [4.78, 5) is 25.6. The molecule has 23 heavy (non-hydrogen) atoms. The molecular weight excluding hydrogens is 296 g/mol. The predicted molar refractivity (Wildman–Crippen MR) is 86.0 cm³/mol. The number of aliphatic carboxylic acids is 1. The van der Waals surface area contributed by atoms with Crippen molar-refractivity contribution in [2.75, 3.05) is 19.6 Å². The molecular formula is C17H24N2O4. The predicted octanol–water partition coefficient (Wildman–Crippen LogP) is 2.10. The van der Waals surface area contributed by atoms with Crippen LogP contribution in [0.15, 0.2) is 30.3 Å². The van der Waals surface area contributed by atoms with Gasteiger partial charge in [-0.05, 0) is 11.0 Å². The lowest BCUT2D eigenvalue weighted by Gasteiger charge is -2.47. The summed E-state index contributed by atoms with van der Waals surface area (Å²) in [5, 5.41) is 12.8. The first kappa shape index (κ1) is 17.3. The van der Waals surface area contributed by atoms with Crippen LogP contribution in [-0.4, -0.2) is 47.2 Å². The van der Waals surface area contributed by atoms with Gasteiger partial charge in [0.1, 0.15) is 12.1 Å². The first-order valence-electron chi connectivity index (χ1n) is 7.70. The zero-order valence-corrected chi connectivity index (χ0v) is 13.8. The van der Waals surface area contributed by atoms with E-state index in [-0.39, 0.29) is 13.2 Å². The molecule has 2 rings (SSSR count). The van der Waals surface area contributed by atoms with E-state index in [9.17, 15) is 14.7 Å². The molecule has 1 saturated heterocycles. The molecule has 6 nitrogen and oxygen atoms in total. The molecule has 126 valence electrons. The average Bonchev–Trinajstić information content (AvgIpc) is 2.52. The van der Waals surface area contributed by atoms with Crippen molar-refractivity contribution >= 4 is 12.1 Å². The van der Waals surface area contributed by atoms with Crippen molar-refractivity contribution in [3.63, 3.8) is 0 Å². The van der Waals surface area contributed by atoms with Crippen molar-refractivity contribution in [3.05, 3.63) is 35.9 Å². The molecule has 1 fully saturated rings. The molecule has 1 aliphatic heterocycles. The van der Waals surface area contributed by atoms with E-state index < -0.39 is 23.0 Å². The molecule has 1 aromatic carbocycles. The largest absolute Gasteiger partial charge is 0.480 e. The number of hydrogen-bond acceptors (Lipinski definition) is 4. The van der Waals surface area contributed by atoms with E-state index in [1.165, 1.54) is 4.90 Å². The van der Waals surface area contributed by atoms with Crippen molar-refractivity contribution in [1.29, 1.82) is 0 Å². The highest BCUT2D eigenvalue weighted by atomic mass is 16.6. The number of piperazine rings is 1. The number of carbonyl (C=O) groups is 2. The number of nitrogens with one attached hydrogen (secondary N) is 1. The first-order chi connectivity index (χ1) is 10.8. The van der Waals surface area contributed by atoms with E-state index in [4.69, 9.17) is 4.74 Å². The summed E-state index contributed by atoms with van der Waals surface area (Å²) in [6, 6.07) is 9.40. The maximum absolute atomic E-state index is 12.3. The average molecular weight is 320 g/mol. The molecule has 0 spiro atoms. The summed E-state index contributed by atoms with van der Waals surface area (Å²) in [6.45, 7) is 6.67. The number of carboxylic acids is 1. The van der Waals surface area contributed by atoms with E-state index in [1.54, 1.807) is 0 Å². The van der Waals surface area contributed by atoms with E-state index in [1.807, 2.05) is 51.1 Å². The second-order valence-electron chi connectivity index (χ2n) is 6.85. The third-order valence-electron chi connectivity index (χ3n) is 4.35. The lowest BCUT2D eigenvalue weighted by atomic mass is 9.72. The Bertz CT molecular complexity index is 568. The van der Waals surface area contributed by atoms with Gasteiger partial charge < -0.3 is 14.7 Å². The van der Waals surface area contributed by atoms with Gasteiger partial charge in [0, 0.05) is 13.1 Å². The molecule has 1 heterocycles. The lowest BCUT2D eigenvalue weighted by molar-refractivity contribution is -0.152. The summed E-state index contributed by atoms with van der Waals surface area (Å²) < 4.78 is 5.32. The highest BCUT2D eigenvalue weighted by Gasteiger charge is 2.52. The van der Waals surface area contributed by atoms with Crippen molar-refractivity contribution in [3.8, 4) is 0 Å². The van der Waals surface area contributed by atoms with Gasteiger partial charge in [0.05, 0.1) is 6.54 Å². The van der Waals surface area contributed by atoms with E-state index in [0.29, 0.717) is 13.1 Å². The van der Waals surface area contributed by atoms with Gasteiger partial charge >= 0.3 is 12.1 Å². The van der Waals surface area contributed by atoms with Crippen LogP contribution in [0.2, 0.25) is 0 Å². The van der Waals surface area contributed by atoms with Crippen LogP contribution in [0.5, 0.6) is 0 Å². The normalized spacial score (nSPS) is 21.8. The molecule has 1 amide bonds. The minimum absolute atomic E-state index is 0.0828. The van der Waals surface area contributed by atoms with Gasteiger partial charge in [-0.25, -0.2) is 4.79 Å². The highest BCUT2D eigenvalue weighted by Crippen LogP contribution is 2.33. The molecule has 0 saturated carbocycles. The summed E-state index contributed by atoms with van der Waals surface area (Å²) in [6.07, 6.45) is -0.481. The summed E-state index contributed by atoms with van der Waals surface area (Å²) >= 11 is 0. The quantitative estimate of drug-likeness (QED) is 0.891. The molecule has 0 aliphatic carbocycles. The Kier molecular flexibility index (Phi) is 4.94. The SMILES string of the molecule is CC(C)(C)[C@@]1(C(=O)O)CN(C(=O)OCc2ccccc2)CCN1. The zero-order valence-electron chi connectivity index (χ0n) is 13.8. The number of benzene rings is 1. The maximum atomic E-state index is 12.3. The molecule has 6 heteroatoms. The van der Waals surface area contributed by atoms with Gasteiger partial charge in [-0.1, -0.05) is 51.1 Å². The summed E-state index contributed by atoms with van der Waals surface area (Å²) in [5.74, 6) is -0.953. The van der Waals surface area contributed by atoms with Crippen LogP contribution in [0.4, 0.5) is 4.79 Å². The minimum Gasteiger partial charge on any atom is -0.480 e. The maximum Gasteiger partial charge on any atom is 0.410 e.